The molecule has 15 heavy (non-hydrogen) atoms. The molecule has 3 heteroatoms. The monoisotopic (exact) mass is 211 g/mol. The quantitative estimate of drug-likeness (QED) is 0.717. The van der Waals surface area contributed by atoms with Crippen molar-refractivity contribution in [3.63, 3.8) is 0 Å². The van der Waals surface area contributed by atoms with Crippen LogP contribution in [-0.4, -0.2) is 43.2 Å². The van der Waals surface area contributed by atoms with E-state index in [-0.39, 0.29) is 5.54 Å². The molecule has 3 heterocycles. The van der Waals surface area contributed by atoms with Gasteiger partial charge in [-0.1, -0.05) is 13.8 Å². The van der Waals surface area contributed by atoms with E-state index in [1.54, 1.807) is 0 Å². The van der Waals surface area contributed by atoms with E-state index in [4.69, 9.17) is 5.73 Å². The average molecular weight is 211 g/mol. The van der Waals surface area contributed by atoms with Crippen molar-refractivity contribution >= 4 is 0 Å². The predicted octanol–water partition coefficient (Wildman–Crippen LogP) is 0.655. The summed E-state index contributed by atoms with van der Waals surface area (Å²) in [4.78, 5) is 2.57. The van der Waals surface area contributed by atoms with E-state index < -0.39 is 0 Å². The molecule has 1 unspecified atom stereocenters. The summed E-state index contributed by atoms with van der Waals surface area (Å²) in [5, 5.41) is 3.75. The molecule has 0 aromatic heterocycles. The number of rotatable bonds is 4. The van der Waals surface area contributed by atoms with Gasteiger partial charge in [0, 0.05) is 18.6 Å². The lowest BCUT2D eigenvalue weighted by molar-refractivity contribution is 0.00961. The first-order valence-electron chi connectivity index (χ1n) is 6.34. The van der Waals surface area contributed by atoms with Gasteiger partial charge >= 0.3 is 0 Å². The van der Waals surface area contributed by atoms with Gasteiger partial charge in [-0.25, -0.2) is 0 Å². The Balaban J connectivity index is 2.01. The van der Waals surface area contributed by atoms with Crippen molar-refractivity contribution in [3.8, 4) is 0 Å². The van der Waals surface area contributed by atoms with Crippen LogP contribution >= 0.6 is 0 Å². The number of hydrogen-bond acceptors (Lipinski definition) is 3. The predicted molar refractivity (Wildman–Crippen MR) is 63.8 cm³/mol. The summed E-state index contributed by atoms with van der Waals surface area (Å²) in [5.74, 6) is 1.52. The second-order valence-corrected chi connectivity index (χ2v) is 5.69. The Morgan fingerprint density at radius 3 is 2.47 bits per heavy atom. The lowest BCUT2D eigenvalue weighted by atomic mass is 9.72. The van der Waals surface area contributed by atoms with E-state index in [2.05, 4.69) is 24.1 Å². The van der Waals surface area contributed by atoms with Gasteiger partial charge in [-0.05, 0) is 44.3 Å². The normalized spacial score (nSPS) is 40.0. The van der Waals surface area contributed by atoms with Crippen LogP contribution in [0.4, 0.5) is 0 Å². The molecule has 0 spiro atoms. The first-order chi connectivity index (χ1) is 7.16. The second kappa shape index (κ2) is 4.40. The minimum absolute atomic E-state index is 0.223. The Bertz CT molecular complexity index is 209. The molecule has 0 aromatic rings. The molecular weight excluding hydrogens is 186 g/mol. The summed E-state index contributed by atoms with van der Waals surface area (Å²) in [6, 6.07) is 0. The van der Waals surface area contributed by atoms with Crippen LogP contribution in [-0.2, 0) is 0 Å². The summed E-state index contributed by atoms with van der Waals surface area (Å²) >= 11 is 0. The van der Waals surface area contributed by atoms with Gasteiger partial charge in [0.25, 0.3) is 0 Å². The number of nitrogens with zero attached hydrogens (tertiary/aromatic N) is 1. The number of fused-ring (bicyclic) bond motifs is 3. The first kappa shape index (κ1) is 11.4. The molecule has 2 bridgehead atoms. The van der Waals surface area contributed by atoms with Crippen molar-refractivity contribution in [2.75, 3.05) is 32.7 Å². The zero-order valence-corrected chi connectivity index (χ0v) is 10.1. The van der Waals surface area contributed by atoms with Gasteiger partial charge in [0.05, 0.1) is 0 Å². The van der Waals surface area contributed by atoms with E-state index in [1.165, 1.54) is 32.5 Å². The zero-order valence-electron chi connectivity index (χ0n) is 10.1. The highest BCUT2D eigenvalue weighted by Gasteiger charge is 2.45. The fourth-order valence-corrected chi connectivity index (χ4v) is 3.08. The van der Waals surface area contributed by atoms with Crippen LogP contribution in [0.3, 0.4) is 0 Å². The molecule has 3 rings (SSSR count). The van der Waals surface area contributed by atoms with Gasteiger partial charge in [-0.15, -0.1) is 0 Å². The van der Waals surface area contributed by atoms with Crippen molar-refractivity contribution in [3.05, 3.63) is 0 Å². The highest BCUT2D eigenvalue weighted by molar-refractivity contribution is 5.04. The Hall–Kier alpha value is -0.120. The van der Waals surface area contributed by atoms with E-state index in [0.29, 0.717) is 5.92 Å². The Kier molecular flexibility index (Phi) is 3.33. The highest BCUT2D eigenvalue weighted by Crippen LogP contribution is 2.35. The van der Waals surface area contributed by atoms with Crippen LogP contribution in [0, 0.1) is 11.8 Å². The van der Waals surface area contributed by atoms with Gasteiger partial charge in [0.1, 0.15) is 0 Å². The van der Waals surface area contributed by atoms with E-state index >= 15 is 0 Å². The van der Waals surface area contributed by atoms with Crippen LogP contribution in [0.15, 0.2) is 0 Å². The lowest BCUT2D eigenvalue weighted by Gasteiger charge is -2.53. The zero-order chi connectivity index (χ0) is 10.9. The molecule has 0 amide bonds. The minimum Gasteiger partial charge on any atom is -0.329 e. The highest BCUT2D eigenvalue weighted by atomic mass is 15.2. The number of piperidine rings is 3. The van der Waals surface area contributed by atoms with Gasteiger partial charge in [-0.2, -0.15) is 0 Å². The largest absolute Gasteiger partial charge is 0.329 e. The van der Waals surface area contributed by atoms with Crippen molar-refractivity contribution in [1.29, 1.82) is 0 Å². The molecular formula is C12H25N3. The third-order valence-corrected chi connectivity index (χ3v) is 4.10. The molecule has 0 aliphatic carbocycles. The van der Waals surface area contributed by atoms with Crippen LogP contribution in [0.1, 0.15) is 26.7 Å². The molecule has 3 nitrogen and oxygen atoms in total. The van der Waals surface area contributed by atoms with Crippen molar-refractivity contribution in [2.24, 2.45) is 17.6 Å². The molecule has 3 fully saturated rings. The fraction of sp³-hybridized carbons (Fsp3) is 1.00. The number of hydrogen-bond donors (Lipinski definition) is 2. The molecule has 3 N–H and O–H groups in total. The van der Waals surface area contributed by atoms with E-state index in [9.17, 15) is 0 Å². The van der Waals surface area contributed by atoms with Gasteiger partial charge in [-0.3, -0.25) is 0 Å². The third-order valence-electron chi connectivity index (χ3n) is 4.10. The van der Waals surface area contributed by atoms with Crippen LogP contribution < -0.4 is 11.1 Å². The van der Waals surface area contributed by atoms with Crippen molar-refractivity contribution in [1.82, 2.24) is 10.2 Å². The fourth-order valence-electron chi connectivity index (χ4n) is 3.08. The third kappa shape index (κ3) is 2.19. The summed E-state index contributed by atoms with van der Waals surface area (Å²) in [7, 11) is 0. The summed E-state index contributed by atoms with van der Waals surface area (Å²) in [6.45, 7) is 10.2. The molecule has 0 aromatic carbocycles. The molecule has 3 aliphatic rings. The van der Waals surface area contributed by atoms with Crippen LogP contribution in [0.25, 0.3) is 0 Å². The van der Waals surface area contributed by atoms with Crippen LogP contribution in [0.5, 0.6) is 0 Å². The lowest BCUT2D eigenvalue weighted by Crippen LogP contribution is -2.69. The Labute approximate surface area is 93.4 Å². The van der Waals surface area contributed by atoms with Gasteiger partial charge in [0.2, 0.25) is 0 Å². The van der Waals surface area contributed by atoms with Crippen molar-refractivity contribution in [2.45, 2.75) is 32.2 Å². The molecule has 1 atom stereocenters. The van der Waals surface area contributed by atoms with Crippen LogP contribution in [0.2, 0.25) is 0 Å². The maximum Gasteiger partial charge on any atom is 0.0462 e. The van der Waals surface area contributed by atoms with Gasteiger partial charge in [0.15, 0.2) is 0 Å². The van der Waals surface area contributed by atoms with Crippen molar-refractivity contribution < 1.29 is 0 Å². The minimum atomic E-state index is 0.223. The maximum absolute atomic E-state index is 6.02. The number of nitrogens with one attached hydrogen (secondary N) is 1. The van der Waals surface area contributed by atoms with Gasteiger partial charge < -0.3 is 16.0 Å². The summed E-state index contributed by atoms with van der Waals surface area (Å²) in [5.41, 5.74) is 6.24. The topological polar surface area (TPSA) is 41.3 Å². The summed E-state index contributed by atoms with van der Waals surface area (Å²) < 4.78 is 0. The van der Waals surface area contributed by atoms with E-state index in [0.717, 1.165) is 19.0 Å². The average Bonchev–Trinajstić information content (AvgIpc) is 2.28. The molecule has 0 saturated carbocycles. The molecule has 88 valence electrons. The Morgan fingerprint density at radius 2 is 2.07 bits per heavy atom. The SMILES string of the molecule is CC(C)CNC1(CN)CN2CCC1CC2. The second-order valence-electron chi connectivity index (χ2n) is 5.69. The molecule has 3 aliphatic heterocycles. The molecule has 0 radical (unpaired) electrons. The first-order valence-corrected chi connectivity index (χ1v) is 6.34. The number of nitrogens with two attached hydrogens (primary N) is 1. The maximum atomic E-state index is 6.02. The summed E-state index contributed by atoms with van der Waals surface area (Å²) in [6.07, 6.45) is 2.67. The Morgan fingerprint density at radius 1 is 1.40 bits per heavy atom. The molecule has 3 saturated heterocycles. The smallest absolute Gasteiger partial charge is 0.0462 e. The standard InChI is InChI=1S/C12H25N3/c1-10(2)7-14-12(8-13)9-15-5-3-11(12)4-6-15/h10-11,14H,3-9,13H2,1-2H3. The van der Waals surface area contributed by atoms with E-state index in [1.807, 2.05) is 0 Å².